The van der Waals surface area contributed by atoms with Crippen molar-refractivity contribution in [1.29, 1.82) is 0 Å². The lowest BCUT2D eigenvalue weighted by molar-refractivity contribution is -0.153. The zero-order valence-corrected chi connectivity index (χ0v) is 12.7. The van der Waals surface area contributed by atoms with Gasteiger partial charge in [0, 0.05) is 6.42 Å². The van der Waals surface area contributed by atoms with Gasteiger partial charge in [0.2, 0.25) is 5.91 Å². The van der Waals surface area contributed by atoms with E-state index in [2.05, 4.69) is 5.32 Å². The number of benzene rings is 1. The van der Waals surface area contributed by atoms with Crippen molar-refractivity contribution in [2.24, 2.45) is 11.3 Å². The Balaban J connectivity index is 2.78. The zero-order valence-electron chi connectivity index (χ0n) is 12.7. The van der Waals surface area contributed by atoms with Gasteiger partial charge in [0.05, 0.1) is 18.1 Å². The molecule has 3 N–H and O–H groups in total. The quantitative estimate of drug-likeness (QED) is 0.717. The van der Waals surface area contributed by atoms with E-state index in [1.165, 1.54) is 0 Å². The number of aliphatic carboxylic acids is 1. The lowest BCUT2D eigenvalue weighted by Gasteiger charge is -2.29. The molecule has 0 aliphatic heterocycles. The molecule has 0 spiro atoms. The fourth-order valence-corrected chi connectivity index (χ4v) is 2.03. The molecule has 1 rings (SSSR count). The van der Waals surface area contributed by atoms with Gasteiger partial charge in [-0.3, -0.25) is 9.59 Å². The van der Waals surface area contributed by atoms with Gasteiger partial charge in [-0.2, -0.15) is 0 Å². The van der Waals surface area contributed by atoms with Crippen molar-refractivity contribution in [2.75, 3.05) is 6.61 Å². The molecule has 21 heavy (non-hydrogen) atoms. The van der Waals surface area contributed by atoms with Crippen LogP contribution in [0.2, 0.25) is 0 Å². The Morgan fingerprint density at radius 2 is 1.81 bits per heavy atom. The molecule has 5 nitrogen and oxygen atoms in total. The van der Waals surface area contributed by atoms with Crippen LogP contribution in [0.3, 0.4) is 0 Å². The van der Waals surface area contributed by atoms with Crippen LogP contribution in [0.25, 0.3) is 0 Å². The molecule has 1 unspecified atom stereocenters. The van der Waals surface area contributed by atoms with Gasteiger partial charge in [0.1, 0.15) is 0 Å². The Kier molecular flexibility index (Phi) is 5.90. The highest BCUT2D eigenvalue weighted by Crippen LogP contribution is 2.31. The van der Waals surface area contributed by atoms with Gasteiger partial charge in [0.25, 0.3) is 0 Å². The van der Waals surface area contributed by atoms with Crippen LogP contribution in [0.4, 0.5) is 0 Å². The summed E-state index contributed by atoms with van der Waals surface area (Å²) in [6, 6.07) is 8.57. The summed E-state index contributed by atoms with van der Waals surface area (Å²) in [5.74, 6) is -1.55. The van der Waals surface area contributed by atoms with Crippen molar-refractivity contribution < 1.29 is 19.8 Å². The summed E-state index contributed by atoms with van der Waals surface area (Å²) in [6.07, 6.45) is -0.122. The molecule has 0 saturated heterocycles. The number of carboxylic acid groups (broad SMARTS) is 1. The van der Waals surface area contributed by atoms with Gasteiger partial charge in [-0.15, -0.1) is 0 Å². The second-order valence-electron chi connectivity index (χ2n) is 5.77. The first-order chi connectivity index (χ1) is 9.81. The highest BCUT2D eigenvalue weighted by Gasteiger charge is 2.39. The van der Waals surface area contributed by atoms with Gasteiger partial charge < -0.3 is 15.5 Å². The molecule has 116 valence electrons. The molecular formula is C16H23NO4. The first-order valence-corrected chi connectivity index (χ1v) is 6.99. The summed E-state index contributed by atoms with van der Waals surface area (Å²) >= 11 is 0. The summed E-state index contributed by atoms with van der Waals surface area (Å²) in [7, 11) is 0. The molecule has 0 heterocycles. The van der Waals surface area contributed by atoms with E-state index in [0.717, 1.165) is 5.56 Å². The Hall–Kier alpha value is -1.88. The lowest BCUT2D eigenvalue weighted by Crippen LogP contribution is -2.40. The highest BCUT2D eigenvalue weighted by atomic mass is 16.4. The summed E-state index contributed by atoms with van der Waals surface area (Å²) in [6.45, 7) is 4.89. The fourth-order valence-electron chi connectivity index (χ4n) is 2.03. The third-order valence-corrected chi connectivity index (χ3v) is 4.01. The number of amides is 1. The molecular weight excluding hydrogens is 270 g/mol. The first-order valence-electron chi connectivity index (χ1n) is 6.99. The second-order valence-corrected chi connectivity index (χ2v) is 5.77. The van der Waals surface area contributed by atoms with Crippen LogP contribution in [-0.4, -0.2) is 28.7 Å². The van der Waals surface area contributed by atoms with E-state index in [-0.39, 0.29) is 24.9 Å². The van der Waals surface area contributed by atoms with Crippen LogP contribution in [0.1, 0.15) is 38.8 Å². The molecule has 0 radical (unpaired) electrons. The molecule has 0 fully saturated rings. The standard InChI is InChI=1S/C16H23NO4/c1-11(2)16(3,15(20)21)9-14(19)17-13(10-18)12-7-5-4-6-8-12/h4-8,11,13,18H,9-10H2,1-3H3,(H,17,19)(H,20,21)/t13-,16?/m1/s1. The number of carbonyl (C=O) groups is 2. The predicted octanol–water partition coefficient (Wildman–Crippen LogP) is 1.97. The van der Waals surface area contributed by atoms with E-state index in [1.807, 2.05) is 18.2 Å². The van der Waals surface area contributed by atoms with Crippen LogP contribution in [-0.2, 0) is 9.59 Å². The Morgan fingerprint density at radius 1 is 1.24 bits per heavy atom. The molecule has 0 aromatic heterocycles. The number of nitrogens with one attached hydrogen (secondary N) is 1. The van der Waals surface area contributed by atoms with E-state index in [1.54, 1.807) is 32.9 Å². The van der Waals surface area contributed by atoms with Gasteiger partial charge in [-0.25, -0.2) is 0 Å². The Morgan fingerprint density at radius 3 is 2.24 bits per heavy atom. The molecule has 1 aromatic rings. The summed E-state index contributed by atoms with van der Waals surface area (Å²) in [5.41, 5.74) is -0.337. The zero-order chi connectivity index (χ0) is 16.0. The molecule has 0 bridgehead atoms. The topological polar surface area (TPSA) is 86.6 Å². The average Bonchev–Trinajstić information content (AvgIpc) is 2.45. The number of carbonyl (C=O) groups excluding carboxylic acids is 1. The van der Waals surface area contributed by atoms with Crippen molar-refractivity contribution in [3.05, 3.63) is 35.9 Å². The largest absolute Gasteiger partial charge is 0.481 e. The van der Waals surface area contributed by atoms with Crippen LogP contribution < -0.4 is 5.32 Å². The smallest absolute Gasteiger partial charge is 0.310 e. The predicted molar refractivity (Wildman–Crippen MR) is 79.6 cm³/mol. The van der Waals surface area contributed by atoms with Crippen LogP contribution in [0.15, 0.2) is 30.3 Å². The maximum absolute atomic E-state index is 12.1. The van der Waals surface area contributed by atoms with Gasteiger partial charge in [-0.1, -0.05) is 44.2 Å². The highest BCUT2D eigenvalue weighted by molar-refractivity contribution is 5.85. The number of aliphatic hydroxyl groups excluding tert-OH is 1. The lowest BCUT2D eigenvalue weighted by atomic mass is 9.76. The molecule has 1 aromatic carbocycles. The van der Waals surface area contributed by atoms with Crippen molar-refractivity contribution in [2.45, 2.75) is 33.2 Å². The minimum Gasteiger partial charge on any atom is -0.481 e. The van der Waals surface area contributed by atoms with E-state index in [0.29, 0.717) is 0 Å². The first kappa shape index (κ1) is 17.2. The van der Waals surface area contributed by atoms with Crippen molar-refractivity contribution in [3.63, 3.8) is 0 Å². The number of rotatable bonds is 7. The summed E-state index contributed by atoms with van der Waals surface area (Å²) < 4.78 is 0. The van der Waals surface area contributed by atoms with Gasteiger partial charge >= 0.3 is 5.97 Å². The van der Waals surface area contributed by atoms with Crippen molar-refractivity contribution in [3.8, 4) is 0 Å². The van der Waals surface area contributed by atoms with Crippen LogP contribution >= 0.6 is 0 Å². The van der Waals surface area contributed by atoms with Crippen LogP contribution in [0, 0.1) is 11.3 Å². The number of hydrogen-bond donors (Lipinski definition) is 3. The van der Waals surface area contributed by atoms with E-state index in [4.69, 9.17) is 0 Å². The van der Waals surface area contributed by atoms with Gasteiger partial charge in [-0.05, 0) is 18.4 Å². The Labute approximate surface area is 125 Å². The molecule has 0 aliphatic rings. The molecule has 5 heteroatoms. The summed E-state index contributed by atoms with van der Waals surface area (Å²) in [4.78, 5) is 23.5. The Bertz CT molecular complexity index is 486. The maximum Gasteiger partial charge on any atom is 0.310 e. The van der Waals surface area contributed by atoms with E-state index < -0.39 is 17.4 Å². The average molecular weight is 293 g/mol. The minimum atomic E-state index is -1.12. The van der Waals surface area contributed by atoms with Crippen molar-refractivity contribution in [1.82, 2.24) is 5.32 Å². The normalized spacial score (nSPS) is 15.3. The van der Waals surface area contributed by atoms with Crippen molar-refractivity contribution >= 4 is 11.9 Å². The molecule has 2 atom stereocenters. The fraction of sp³-hybridized carbons (Fsp3) is 0.500. The van der Waals surface area contributed by atoms with Gasteiger partial charge in [0.15, 0.2) is 0 Å². The third kappa shape index (κ3) is 4.29. The number of hydrogen-bond acceptors (Lipinski definition) is 3. The second kappa shape index (κ2) is 7.22. The molecule has 1 amide bonds. The SMILES string of the molecule is CC(C)C(C)(CC(=O)N[C@H](CO)c1ccccc1)C(=O)O. The monoisotopic (exact) mass is 293 g/mol. The number of carboxylic acids is 1. The van der Waals surface area contributed by atoms with E-state index in [9.17, 15) is 19.8 Å². The minimum absolute atomic E-state index is 0.122. The summed E-state index contributed by atoms with van der Waals surface area (Å²) in [5, 5.41) is 21.4. The molecule has 0 aliphatic carbocycles. The third-order valence-electron chi connectivity index (χ3n) is 4.01. The molecule has 0 saturated carbocycles. The van der Waals surface area contributed by atoms with E-state index >= 15 is 0 Å². The number of aliphatic hydroxyl groups is 1. The maximum atomic E-state index is 12.1. The van der Waals surface area contributed by atoms with Crippen LogP contribution in [0.5, 0.6) is 0 Å².